The highest BCUT2D eigenvalue weighted by molar-refractivity contribution is 5.87. The predicted molar refractivity (Wildman–Crippen MR) is 86.0 cm³/mol. The summed E-state index contributed by atoms with van der Waals surface area (Å²) in [6.07, 6.45) is 1.00. The molecule has 0 bridgehead atoms. The van der Waals surface area contributed by atoms with Crippen LogP contribution in [0, 0.1) is 0 Å². The third-order valence-electron chi connectivity index (χ3n) is 3.88. The van der Waals surface area contributed by atoms with Crippen molar-refractivity contribution in [3.8, 4) is 5.69 Å². The van der Waals surface area contributed by atoms with Crippen LogP contribution < -0.4 is 16.9 Å². The van der Waals surface area contributed by atoms with Crippen LogP contribution in [-0.4, -0.2) is 29.8 Å². The molecule has 0 radical (unpaired) electrons. The van der Waals surface area contributed by atoms with E-state index in [-0.39, 0.29) is 12.2 Å². The third kappa shape index (κ3) is 2.18. The lowest BCUT2D eigenvalue weighted by molar-refractivity contribution is 0.0693. The number of rotatable bonds is 3. The fourth-order valence-electron chi connectivity index (χ4n) is 2.59. The highest BCUT2D eigenvalue weighted by atomic mass is 16.4. The zero-order valence-corrected chi connectivity index (χ0v) is 12.9. The second-order valence-electron chi connectivity index (χ2n) is 5.24. The molecule has 0 spiro atoms. The first-order valence-corrected chi connectivity index (χ1v) is 7.14. The molecule has 2 heterocycles. The number of hydrogen-bond acceptors (Lipinski definition) is 4. The average molecular weight is 330 g/mol. The normalized spacial score (nSPS) is 11.1. The molecule has 24 heavy (non-hydrogen) atoms. The Morgan fingerprint density at radius 2 is 1.96 bits per heavy atom. The van der Waals surface area contributed by atoms with Crippen molar-refractivity contribution in [2.24, 2.45) is 7.05 Å². The van der Waals surface area contributed by atoms with Crippen molar-refractivity contribution >= 4 is 17.0 Å². The van der Waals surface area contributed by atoms with Gasteiger partial charge in [0.2, 0.25) is 0 Å². The molecule has 0 aliphatic heterocycles. The Hall–Kier alpha value is -3.36. The predicted octanol–water partition coefficient (Wildman–Crippen LogP) is -0.103. The number of aromatic carboxylic acids is 1. The van der Waals surface area contributed by atoms with Crippen molar-refractivity contribution in [1.29, 1.82) is 0 Å². The van der Waals surface area contributed by atoms with Gasteiger partial charge in [0.1, 0.15) is 5.56 Å². The molecule has 0 saturated heterocycles. The van der Waals surface area contributed by atoms with Crippen LogP contribution in [-0.2, 0) is 13.6 Å². The number of hydrogen-bond donors (Lipinski definition) is 2. The first-order chi connectivity index (χ1) is 11.3. The van der Waals surface area contributed by atoms with Crippen LogP contribution in [0.4, 0.5) is 0 Å². The van der Waals surface area contributed by atoms with Gasteiger partial charge in [-0.2, -0.15) is 0 Å². The van der Waals surface area contributed by atoms with E-state index in [4.69, 9.17) is 0 Å². The second-order valence-corrected chi connectivity index (χ2v) is 5.24. The molecule has 0 aliphatic carbocycles. The number of aromatic nitrogens is 4. The number of carbonyl (C=O) groups is 1. The minimum Gasteiger partial charge on any atom is -0.477 e. The minimum atomic E-state index is -1.41. The molecule has 3 rings (SSSR count). The number of aryl methyl sites for hydroxylation is 1. The number of H-pyrrole nitrogens is 1. The summed E-state index contributed by atoms with van der Waals surface area (Å²) in [6.45, 7) is 1.62. The van der Waals surface area contributed by atoms with Crippen LogP contribution >= 0.6 is 0 Å². The van der Waals surface area contributed by atoms with Gasteiger partial charge in [-0.25, -0.2) is 14.4 Å². The van der Waals surface area contributed by atoms with Crippen molar-refractivity contribution < 1.29 is 9.90 Å². The van der Waals surface area contributed by atoms with Crippen LogP contribution in [0.15, 0.2) is 38.8 Å². The Kier molecular flexibility index (Phi) is 3.48. The van der Waals surface area contributed by atoms with Crippen LogP contribution in [0.2, 0.25) is 0 Å². The van der Waals surface area contributed by atoms with E-state index < -0.39 is 22.8 Å². The summed E-state index contributed by atoms with van der Waals surface area (Å²) in [6, 6.07) is 4.76. The molecule has 1 aromatic carbocycles. The van der Waals surface area contributed by atoms with Crippen LogP contribution in [0.3, 0.4) is 0 Å². The molecule has 0 amide bonds. The topological polar surface area (TPSA) is 119 Å². The Balaban J connectivity index is 2.35. The molecule has 0 atom stereocenters. The van der Waals surface area contributed by atoms with Gasteiger partial charge >= 0.3 is 17.3 Å². The largest absolute Gasteiger partial charge is 0.477 e. The van der Waals surface area contributed by atoms with Gasteiger partial charge < -0.3 is 10.1 Å². The maximum absolute atomic E-state index is 12.5. The number of nitrogens with one attached hydrogen (secondary N) is 1. The minimum absolute atomic E-state index is 0.0448. The SMILES string of the molecule is CCn1c(=O)c(C(=O)O)cn(-c2ccc3c(c2)[nH]c(=O)n3C)c1=O. The molecule has 9 nitrogen and oxygen atoms in total. The van der Waals surface area contributed by atoms with Gasteiger partial charge in [-0.15, -0.1) is 0 Å². The molecular weight excluding hydrogens is 316 g/mol. The summed E-state index contributed by atoms with van der Waals surface area (Å²) in [5, 5.41) is 9.18. The maximum Gasteiger partial charge on any atom is 0.342 e. The number of fused-ring (bicyclic) bond motifs is 1. The number of aromatic amines is 1. The van der Waals surface area contributed by atoms with E-state index in [0.717, 1.165) is 15.3 Å². The van der Waals surface area contributed by atoms with E-state index in [1.54, 1.807) is 32.2 Å². The van der Waals surface area contributed by atoms with Gasteiger partial charge in [0, 0.05) is 19.8 Å². The number of imidazole rings is 1. The van der Waals surface area contributed by atoms with Crippen molar-refractivity contribution in [3.63, 3.8) is 0 Å². The smallest absolute Gasteiger partial charge is 0.342 e. The maximum atomic E-state index is 12.5. The fourth-order valence-corrected chi connectivity index (χ4v) is 2.59. The highest BCUT2D eigenvalue weighted by Gasteiger charge is 2.17. The fraction of sp³-hybridized carbons (Fsp3) is 0.200. The lowest BCUT2D eigenvalue weighted by Crippen LogP contribution is -2.41. The Morgan fingerprint density at radius 3 is 2.58 bits per heavy atom. The first-order valence-electron chi connectivity index (χ1n) is 7.14. The van der Waals surface area contributed by atoms with Crippen LogP contribution in [0.5, 0.6) is 0 Å². The van der Waals surface area contributed by atoms with E-state index in [1.165, 1.54) is 4.57 Å². The van der Waals surface area contributed by atoms with Crippen molar-refractivity contribution in [3.05, 3.63) is 61.3 Å². The Morgan fingerprint density at radius 1 is 1.25 bits per heavy atom. The van der Waals surface area contributed by atoms with Gasteiger partial charge in [-0.1, -0.05) is 0 Å². The lowest BCUT2D eigenvalue weighted by Gasteiger charge is -2.10. The number of carboxylic acid groups (broad SMARTS) is 1. The highest BCUT2D eigenvalue weighted by Crippen LogP contribution is 2.14. The molecular formula is C15H14N4O5. The Bertz CT molecular complexity index is 1150. The monoisotopic (exact) mass is 330 g/mol. The summed E-state index contributed by atoms with van der Waals surface area (Å²) in [4.78, 5) is 50.0. The molecule has 124 valence electrons. The van der Waals surface area contributed by atoms with Gasteiger partial charge in [-0.3, -0.25) is 18.5 Å². The van der Waals surface area contributed by atoms with E-state index in [0.29, 0.717) is 16.7 Å². The van der Waals surface area contributed by atoms with Gasteiger partial charge in [0.15, 0.2) is 0 Å². The van der Waals surface area contributed by atoms with E-state index >= 15 is 0 Å². The van der Waals surface area contributed by atoms with Gasteiger partial charge in [0.05, 0.1) is 16.7 Å². The van der Waals surface area contributed by atoms with Gasteiger partial charge in [0.25, 0.3) is 5.56 Å². The molecule has 3 aromatic rings. The third-order valence-corrected chi connectivity index (χ3v) is 3.88. The van der Waals surface area contributed by atoms with E-state index in [9.17, 15) is 24.3 Å². The number of nitrogens with zero attached hydrogens (tertiary/aromatic N) is 3. The van der Waals surface area contributed by atoms with Gasteiger partial charge in [-0.05, 0) is 25.1 Å². The molecule has 0 saturated carbocycles. The molecule has 0 aliphatic rings. The number of carboxylic acids is 1. The van der Waals surface area contributed by atoms with Crippen molar-refractivity contribution in [1.82, 2.24) is 18.7 Å². The van der Waals surface area contributed by atoms with Crippen molar-refractivity contribution in [2.45, 2.75) is 13.5 Å². The van der Waals surface area contributed by atoms with E-state index in [1.807, 2.05) is 0 Å². The quantitative estimate of drug-likeness (QED) is 0.695. The number of benzene rings is 1. The Labute approximate surface area is 134 Å². The summed E-state index contributed by atoms with van der Waals surface area (Å²) < 4.78 is 3.35. The lowest BCUT2D eigenvalue weighted by atomic mass is 10.2. The average Bonchev–Trinajstić information content (AvgIpc) is 2.82. The van der Waals surface area contributed by atoms with E-state index in [2.05, 4.69) is 4.98 Å². The standard InChI is InChI=1S/C15H14N4O5/c1-3-18-12(20)9(13(21)22)7-19(15(18)24)8-4-5-11-10(6-8)16-14(23)17(11)2/h4-7H,3H2,1-2H3,(H,16,23)(H,21,22). The van der Waals surface area contributed by atoms with Crippen LogP contribution in [0.25, 0.3) is 16.7 Å². The summed E-state index contributed by atoms with van der Waals surface area (Å²) in [5.41, 5.74) is -0.820. The summed E-state index contributed by atoms with van der Waals surface area (Å²) in [7, 11) is 1.60. The molecule has 0 unspecified atom stereocenters. The van der Waals surface area contributed by atoms with Crippen LogP contribution in [0.1, 0.15) is 17.3 Å². The summed E-state index contributed by atoms with van der Waals surface area (Å²) in [5.74, 6) is -1.41. The molecule has 0 fully saturated rings. The zero-order valence-electron chi connectivity index (χ0n) is 12.9. The second kappa shape index (κ2) is 5.37. The molecule has 2 N–H and O–H groups in total. The first kappa shape index (κ1) is 15.5. The van der Waals surface area contributed by atoms with Crippen molar-refractivity contribution in [2.75, 3.05) is 0 Å². The zero-order chi connectivity index (χ0) is 17.6. The molecule has 9 heteroatoms. The molecule has 2 aromatic heterocycles. The summed E-state index contributed by atoms with van der Waals surface area (Å²) >= 11 is 0.